The second-order valence-corrected chi connectivity index (χ2v) is 4.53. The lowest BCUT2D eigenvalue weighted by molar-refractivity contribution is 0.0944. The van der Waals surface area contributed by atoms with Gasteiger partial charge in [0.1, 0.15) is 6.04 Å². The van der Waals surface area contributed by atoms with Crippen LogP contribution in [0.25, 0.3) is 0 Å². The van der Waals surface area contributed by atoms with Gasteiger partial charge in [-0.05, 0) is 37.1 Å². The molecular formula is C15H21N3O. The van der Waals surface area contributed by atoms with Crippen molar-refractivity contribution in [2.45, 2.75) is 32.7 Å². The van der Waals surface area contributed by atoms with E-state index in [1.54, 1.807) is 12.1 Å². The highest BCUT2D eigenvalue weighted by Crippen LogP contribution is 2.14. The van der Waals surface area contributed by atoms with Crippen molar-refractivity contribution in [1.82, 2.24) is 5.32 Å². The number of carbonyl (C=O) groups is 1. The Morgan fingerprint density at radius 2 is 2.00 bits per heavy atom. The highest BCUT2D eigenvalue weighted by Gasteiger charge is 2.11. The summed E-state index contributed by atoms with van der Waals surface area (Å²) in [5.41, 5.74) is 1.67. The van der Waals surface area contributed by atoms with Gasteiger partial charge in [0.05, 0.1) is 6.07 Å². The van der Waals surface area contributed by atoms with Gasteiger partial charge in [0, 0.05) is 24.8 Å². The predicted molar refractivity (Wildman–Crippen MR) is 77.2 cm³/mol. The monoisotopic (exact) mass is 259 g/mol. The summed E-state index contributed by atoms with van der Waals surface area (Å²) >= 11 is 0. The van der Waals surface area contributed by atoms with Crippen LogP contribution in [0.4, 0.5) is 5.69 Å². The molecule has 1 amide bonds. The van der Waals surface area contributed by atoms with Crippen molar-refractivity contribution >= 4 is 11.6 Å². The Labute approximate surface area is 115 Å². The van der Waals surface area contributed by atoms with Gasteiger partial charge in [0.25, 0.3) is 5.91 Å². The molecule has 0 heterocycles. The molecule has 4 nitrogen and oxygen atoms in total. The smallest absolute Gasteiger partial charge is 0.252 e. The normalized spacial score (nSPS) is 11.5. The number of nitrogens with one attached hydrogen (secondary N) is 1. The van der Waals surface area contributed by atoms with Crippen LogP contribution in [0.15, 0.2) is 24.3 Å². The molecule has 0 saturated heterocycles. The van der Waals surface area contributed by atoms with Gasteiger partial charge < -0.3 is 10.2 Å². The van der Waals surface area contributed by atoms with Crippen molar-refractivity contribution < 1.29 is 4.79 Å². The van der Waals surface area contributed by atoms with Gasteiger partial charge >= 0.3 is 0 Å². The number of benzene rings is 1. The van der Waals surface area contributed by atoms with Crippen LogP contribution in [0.3, 0.4) is 0 Å². The van der Waals surface area contributed by atoms with Gasteiger partial charge in [-0.25, -0.2) is 0 Å². The van der Waals surface area contributed by atoms with E-state index in [0.717, 1.165) is 18.7 Å². The van der Waals surface area contributed by atoms with Crippen molar-refractivity contribution in [3.63, 3.8) is 0 Å². The topological polar surface area (TPSA) is 56.1 Å². The zero-order chi connectivity index (χ0) is 14.3. The lowest BCUT2D eigenvalue weighted by Gasteiger charge is -2.18. The molecule has 0 spiro atoms. The van der Waals surface area contributed by atoms with E-state index >= 15 is 0 Å². The first kappa shape index (κ1) is 15.0. The lowest BCUT2D eigenvalue weighted by atomic mass is 10.1. The number of rotatable bonds is 6. The lowest BCUT2D eigenvalue weighted by Crippen LogP contribution is -2.33. The van der Waals surface area contributed by atoms with E-state index < -0.39 is 6.04 Å². The van der Waals surface area contributed by atoms with Crippen molar-refractivity contribution in [1.29, 1.82) is 5.26 Å². The molecule has 0 bridgehead atoms. The minimum absolute atomic E-state index is 0.196. The molecule has 0 aromatic heterocycles. The van der Waals surface area contributed by atoms with Crippen LogP contribution < -0.4 is 10.2 Å². The van der Waals surface area contributed by atoms with Gasteiger partial charge in [0.2, 0.25) is 0 Å². The van der Waals surface area contributed by atoms with E-state index in [1.807, 2.05) is 26.1 Å². The molecular weight excluding hydrogens is 238 g/mol. The third kappa shape index (κ3) is 4.29. The van der Waals surface area contributed by atoms with Crippen LogP contribution >= 0.6 is 0 Å². The summed E-state index contributed by atoms with van der Waals surface area (Å²) < 4.78 is 0. The van der Waals surface area contributed by atoms with Crippen molar-refractivity contribution in [3.05, 3.63) is 29.8 Å². The number of hydrogen-bond acceptors (Lipinski definition) is 3. The van der Waals surface area contributed by atoms with Crippen LogP contribution in [-0.2, 0) is 0 Å². The van der Waals surface area contributed by atoms with Crippen molar-refractivity contribution in [2.24, 2.45) is 0 Å². The second-order valence-electron chi connectivity index (χ2n) is 4.53. The van der Waals surface area contributed by atoms with E-state index in [-0.39, 0.29) is 5.91 Å². The van der Waals surface area contributed by atoms with Gasteiger partial charge in [-0.15, -0.1) is 0 Å². The van der Waals surface area contributed by atoms with Crippen LogP contribution in [0, 0.1) is 11.3 Å². The summed E-state index contributed by atoms with van der Waals surface area (Å²) in [6.45, 7) is 4.99. The Kier molecular flexibility index (Phi) is 5.87. The maximum absolute atomic E-state index is 11.9. The molecule has 0 fully saturated rings. The average Bonchev–Trinajstić information content (AvgIpc) is 2.45. The molecule has 0 saturated carbocycles. The molecule has 1 aromatic rings. The number of anilines is 1. The Morgan fingerprint density at radius 1 is 1.37 bits per heavy atom. The van der Waals surface area contributed by atoms with Crippen LogP contribution in [0.5, 0.6) is 0 Å². The molecule has 0 aliphatic rings. The van der Waals surface area contributed by atoms with E-state index in [0.29, 0.717) is 12.0 Å². The highest BCUT2D eigenvalue weighted by molar-refractivity contribution is 5.94. The first-order chi connectivity index (χ1) is 9.12. The molecule has 102 valence electrons. The van der Waals surface area contributed by atoms with E-state index in [9.17, 15) is 4.79 Å². The number of amides is 1. The first-order valence-electron chi connectivity index (χ1n) is 6.64. The summed E-state index contributed by atoms with van der Waals surface area (Å²) in [5, 5.41) is 11.5. The summed E-state index contributed by atoms with van der Waals surface area (Å²) in [6, 6.07) is 9.08. The zero-order valence-corrected chi connectivity index (χ0v) is 11.8. The fraction of sp³-hybridized carbons (Fsp3) is 0.467. The Morgan fingerprint density at radius 3 is 2.47 bits per heavy atom. The zero-order valence-electron chi connectivity index (χ0n) is 11.8. The SMILES string of the molecule is CCCN(C)c1ccc(C(=O)N[C@@H](C#N)CC)cc1. The second kappa shape index (κ2) is 7.42. The minimum atomic E-state index is -0.421. The predicted octanol–water partition coefficient (Wildman–Crippen LogP) is 2.56. The van der Waals surface area contributed by atoms with Crippen LogP contribution in [-0.4, -0.2) is 25.5 Å². The third-order valence-corrected chi connectivity index (χ3v) is 3.00. The summed E-state index contributed by atoms with van der Waals surface area (Å²) in [6.07, 6.45) is 1.69. The first-order valence-corrected chi connectivity index (χ1v) is 6.64. The molecule has 19 heavy (non-hydrogen) atoms. The average molecular weight is 259 g/mol. The summed E-state index contributed by atoms with van der Waals surface area (Å²) in [5.74, 6) is -0.196. The Hall–Kier alpha value is -2.02. The van der Waals surface area contributed by atoms with Crippen LogP contribution in [0.1, 0.15) is 37.0 Å². The largest absolute Gasteiger partial charge is 0.375 e. The maximum Gasteiger partial charge on any atom is 0.252 e. The summed E-state index contributed by atoms with van der Waals surface area (Å²) in [4.78, 5) is 14.0. The molecule has 4 heteroatoms. The van der Waals surface area contributed by atoms with E-state index in [4.69, 9.17) is 5.26 Å². The van der Waals surface area contributed by atoms with Gasteiger partial charge in [0.15, 0.2) is 0 Å². The Balaban J connectivity index is 2.71. The molecule has 0 aliphatic heterocycles. The third-order valence-electron chi connectivity index (χ3n) is 3.00. The number of hydrogen-bond donors (Lipinski definition) is 1. The molecule has 0 aliphatic carbocycles. The number of carbonyl (C=O) groups excluding carboxylic acids is 1. The van der Waals surface area contributed by atoms with E-state index in [1.165, 1.54) is 0 Å². The quantitative estimate of drug-likeness (QED) is 0.854. The molecule has 1 rings (SSSR count). The van der Waals surface area contributed by atoms with E-state index in [2.05, 4.69) is 23.2 Å². The maximum atomic E-state index is 11.9. The fourth-order valence-corrected chi connectivity index (χ4v) is 1.80. The van der Waals surface area contributed by atoms with Gasteiger partial charge in [-0.2, -0.15) is 5.26 Å². The van der Waals surface area contributed by atoms with Crippen LogP contribution in [0.2, 0.25) is 0 Å². The standard InChI is InChI=1S/C15H21N3O/c1-4-10-18(3)14-8-6-12(7-9-14)15(19)17-13(5-2)11-16/h6-9,13H,4-5,10H2,1-3H3,(H,17,19)/t13-/m1/s1. The molecule has 1 atom stereocenters. The molecule has 1 aromatic carbocycles. The summed E-state index contributed by atoms with van der Waals surface area (Å²) in [7, 11) is 2.03. The van der Waals surface area contributed by atoms with Crippen molar-refractivity contribution in [3.8, 4) is 6.07 Å². The number of nitrogens with zero attached hydrogens (tertiary/aromatic N) is 2. The highest BCUT2D eigenvalue weighted by atomic mass is 16.1. The van der Waals surface area contributed by atoms with Gasteiger partial charge in [-0.1, -0.05) is 13.8 Å². The fourth-order valence-electron chi connectivity index (χ4n) is 1.80. The van der Waals surface area contributed by atoms with Gasteiger partial charge in [-0.3, -0.25) is 4.79 Å². The van der Waals surface area contributed by atoms with Crippen molar-refractivity contribution in [2.75, 3.05) is 18.5 Å². The number of nitriles is 1. The molecule has 0 radical (unpaired) electrons. The Bertz CT molecular complexity index is 447. The minimum Gasteiger partial charge on any atom is -0.375 e. The molecule has 0 unspecified atom stereocenters. The molecule has 1 N–H and O–H groups in total.